The number of esters is 1. The Balaban J connectivity index is 1.77. The van der Waals surface area contributed by atoms with Crippen LogP contribution in [0.25, 0.3) is 0 Å². The maximum Gasteiger partial charge on any atom is 0.377 e. The van der Waals surface area contributed by atoms with Gasteiger partial charge in [-0.3, -0.25) is 4.79 Å². The second kappa shape index (κ2) is 8.29. The predicted molar refractivity (Wildman–Crippen MR) is 88.5 cm³/mol. The number of nitrogens with zero attached hydrogens (tertiary/aromatic N) is 1. The van der Waals surface area contributed by atoms with E-state index in [0.717, 1.165) is 12.8 Å². The average molecular weight is 330 g/mol. The van der Waals surface area contributed by atoms with Crippen molar-refractivity contribution in [2.45, 2.75) is 45.8 Å². The van der Waals surface area contributed by atoms with Crippen molar-refractivity contribution in [2.75, 3.05) is 0 Å². The topological polar surface area (TPSA) is 81.4 Å². The van der Waals surface area contributed by atoms with E-state index in [1.807, 2.05) is 25.1 Å². The van der Waals surface area contributed by atoms with Crippen molar-refractivity contribution in [1.82, 2.24) is 10.5 Å². The van der Waals surface area contributed by atoms with Crippen LogP contribution in [0.1, 0.15) is 42.1 Å². The van der Waals surface area contributed by atoms with Crippen LogP contribution in [0.4, 0.5) is 0 Å². The van der Waals surface area contributed by atoms with Crippen molar-refractivity contribution < 1.29 is 18.8 Å². The Morgan fingerprint density at radius 1 is 1.25 bits per heavy atom. The Hall–Kier alpha value is -2.63. The van der Waals surface area contributed by atoms with E-state index in [1.165, 1.54) is 18.6 Å². The fraction of sp³-hybridized carbons (Fsp3) is 0.389. The van der Waals surface area contributed by atoms with Gasteiger partial charge in [0.1, 0.15) is 0 Å². The summed E-state index contributed by atoms with van der Waals surface area (Å²) in [5.74, 6) is -1.04. The summed E-state index contributed by atoms with van der Waals surface area (Å²) in [5, 5.41) is 6.46. The second-order valence-corrected chi connectivity index (χ2v) is 5.81. The Morgan fingerprint density at radius 3 is 2.58 bits per heavy atom. The van der Waals surface area contributed by atoms with Gasteiger partial charge in [0.15, 0.2) is 6.10 Å². The molecule has 1 heterocycles. The van der Waals surface area contributed by atoms with Crippen molar-refractivity contribution in [2.24, 2.45) is 0 Å². The minimum absolute atomic E-state index is 0.00993. The standard InChI is InChI=1S/C18H22N2O4/c1-12(9-10-15-7-5-4-6-8-15)19-17(21)14(3)23-18(22)16-11-13(2)20-24-16/h4-8,11-12,14H,9-10H2,1-3H3,(H,19,21)/t12-,14+/m0/s1. The van der Waals surface area contributed by atoms with Crippen molar-refractivity contribution in [1.29, 1.82) is 0 Å². The van der Waals surface area contributed by atoms with Crippen molar-refractivity contribution >= 4 is 11.9 Å². The first-order chi connectivity index (χ1) is 11.5. The summed E-state index contributed by atoms with van der Waals surface area (Å²) in [4.78, 5) is 23.9. The van der Waals surface area contributed by atoms with E-state index < -0.39 is 12.1 Å². The van der Waals surface area contributed by atoms with E-state index in [4.69, 9.17) is 9.26 Å². The van der Waals surface area contributed by atoms with Crippen LogP contribution in [0.15, 0.2) is 40.9 Å². The van der Waals surface area contributed by atoms with E-state index >= 15 is 0 Å². The molecule has 2 rings (SSSR count). The number of hydrogen-bond acceptors (Lipinski definition) is 5. The Labute approximate surface area is 141 Å². The second-order valence-electron chi connectivity index (χ2n) is 5.81. The molecule has 6 heteroatoms. The highest BCUT2D eigenvalue weighted by molar-refractivity contribution is 5.90. The summed E-state index contributed by atoms with van der Waals surface area (Å²) in [6.45, 7) is 5.15. The van der Waals surface area contributed by atoms with Crippen LogP contribution < -0.4 is 5.32 Å². The molecular weight excluding hydrogens is 308 g/mol. The first kappa shape index (κ1) is 17.7. The number of aromatic nitrogens is 1. The number of benzene rings is 1. The number of carbonyl (C=O) groups excluding carboxylic acids is 2. The Morgan fingerprint density at radius 2 is 1.96 bits per heavy atom. The van der Waals surface area contributed by atoms with Crippen molar-refractivity contribution in [3.05, 3.63) is 53.4 Å². The lowest BCUT2D eigenvalue weighted by molar-refractivity contribution is -0.129. The van der Waals surface area contributed by atoms with Crippen LogP contribution in [-0.2, 0) is 16.0 Å². The fourth-order valence-electron chi connectivity index (χ4n) is 2.19. The molecule has 1 aromatic carbocycles. The molecule has 0 aliphatic carbocycles. The zero-order valence-corrected chi connectivity index (χ0v) is 14.1. The number of rotatable bonds is 7. The first-order valence-corrected chi connectivity index (χ1v) is 7.94. The van der Waals surface area contributed by atoms with Gasteiger partial charge in [0, 0.05) is 12.1 Å². The molecule has 6 nitrogen and oxygen atoms in total. The normalized spacial score (nSPS) is 13.1. The third kappa shape index (κ3) is 5.22. The van der Waals surface area contributed by atoms with Crippen LogP contribution in [-0.4, -0.2) is 29.2 Å². The zero-order valence-electron chi connectivity index (χ0n) is 14.1. The lowest BCUT2D eigenvalue weighted by Crippen LogP contribution is -2.41. The summed E-state index contributed by atoms with van der Waals surface area (Å²) in [6.07, 6.45) is 0.771. The van der Waals surface area contributed by atoms with Gasteiger partial charge in [-0.25, -0.2) is 4.79 Å². The summed E-state index contributed by atoms with van der Waals surface area (Å²) in [6, 6.07) is 11.5. The van der Waals surface area contributed by atoms with Crippen LogP contribution in [0, 0.1) is 6.92 Å². The summed E-state index contributed by atoms with van der Waals surface area (Å²) >= 11 is 0. The number of aryl methyl sites for hydroxylation is 2. The number of amides is 1. The molecule has 0 aliphatic rings. The molecule has 1 amide bonds. The SMILES string of the molecule is Cc1cc(C(=O)O[C@H](C)C(=O)N[C@@H](C)CCc2ccccc2)on1. The van der Waals surface area contributed by atoms with E-state index in [1.54, 1.807) is 6.92 Å². The van der Waals surface area contributed by atoms with Gasteiger partial charge in [-0.2, -0.15) is 0 Å². The lowest BCUT2D eigenvalue weighted by atomic mass is 10.1. The summed E-state index contributed by atoms with van der Waals surface area (Å²) in [7, 11) is 0. The molecule has 2 aromatic rings. The van der Waals surface area contributed by atoms with Crippen LogP contribution in [0.3, 0.4) is 0 Å². The summed E-state index contributed by atoms with van der Waals surface area (Å²) in [5.41, 5.74) is 1.80. The van der Waals surface area contributed by atoms with Gasteiger partial charge in [0.2, 0.25) is 5.76 Å². The molecule has 0 spiro atoms. The average Bonchev–Trinajstić information content (AvgIpc) is 3.00. The minimum Gasteiger partial charge on any atom is -0.447 e. The maximum atomic E-state index is 12.1. The molecule has 2 atom stereocenters. The molecule has 24 heavy (non-hydrogen) atoms. The molecule has 0 radical (unpaired) electrons. The first-order valence-electron chi connectivity index (χ1n) is 7.94. The van der Waals surface area contributed by atoms with Gasteiger partial charge < -0.3 is 14.6 Å². The van der Waals surface area contributed by atoms with Gasteiger partial charge in [0.05, 0.1) is 5.69 Å². The molecule has 0 bridgehead atoms. The molecule has 0 unspecified atom stereocenters. The summed E-state index contributed by atoms with van der Waals surface area (Å²) < 4.78 is 9.91. The molecule has 0 aliphatic heterocycles. The number of hydrogen-bond donors (Lipinski definition) is 1. The van der Waals surface area contributed by atoms with E-state index in [9.17, 15) is 9.59 Å². The largest absolute Gasteiger partial charge is 0.447 e. The number of nitrogens with one attached hydrogen (secondary N) is 1. The van der Waals surface area contributed by atoms with Gasteiger partial charge in [-0.15, -0.1) is 0 Å². The minimum atomic E-state index is -0.901. The molecule has 1 N–H and O–H groups in total. The predicted octanol–water partition coefficient (Wildman–Crippen LogP) is 2.67. The van der Waals surface area contributed by atoms with Gasteiger partial charge >= 0.3 is 5.97 Å². The zero-order chi connectivity index (χ0) is 17.5. The van der Waals surface area contributed by atoms with Crippen molar-refractivity contribution in [3.8, 4) is 0 Å². The Kier molecular flexibility index (Phi) is 6.12. The third-order valence-corrected chi connectivity index (χ3v) is 3.58. The molecular formula is C18H22N2O4. The molecule has 128 valence electrons. The fourth-order valence-corrected chi connectivity index (χ4v) is 2.19. The third-order valence-electron chi connectivity index (χ3n) is 3.58. The van der Waals surface area contributed by atoms with Crippen LogP contribution in [0.5, 0.6) is 0 Å². The van der Waals surface area contributed by atoms with Crippen molar-refractivity contribution in [3.63, 3.8) is 0 Å². The quantitative estimate of drug-likeness (QED) is 0.789. The van der Waals surface area contributed by atoms with Gasteiger partial charge in [-0.1, -0.05) is 35.5 Å². The van der Waals surface area contributed by atoms with Crippen LogP contribution >= 0.6 is 0 Å². The highest BCUT2D eigenvalue weighted by Crippen LogP contribution is 2.08. The highest BCUT2D eigenvalue weighted by atomic mass is 16.6. The molecule has 0 saturated carbocycles. The number of carbonyl (C=O) groups is 2. The molecule has 0 saturated heterocycles. The monoisotopic (exact) mass is 330 g/mol. The molecule has 0 fully saturated rings. The van der Waals surface area contributed by atoms with E-state index in [-0.39, 0.29) is 17.7 Å². The smallest absolute Gasteiger partial charge is 0.377 e. The lowest BCUT2D eigenvalue weighted by Gasteiger charge is -2.17. The van der Waals surface area contributed by atoms with E-state index in [2.05, 4.69) is 22.6 Å². The number of ether oxygens (including phenoxy) is 1. The molecule has 1 aromatic heterocycles. The van der Waals surface area contributed by atoms with Gasteiger partial charge in [-0.05, 0) is 39.2 Å². The maximum absolute atomic E-state index is 12.1. The van der Waals surface area contributed by atoms with E-state index in [0.29, 0.717) is 5.69 Å². The van der Waals surface area contributed by atoms with Crippen LogP contribution in [0.2, 0.25) is 0 Å². The van der Waals surface area contributed by atoms with Gasteiger partial charge in [0.25, 0.3) is 5.91 Å². The highest BCUT2D eigenvalue weighted by Gasteiger charge is 2.22. The Bertz CT molecular complexity index is 681.